The summed E-state index contributed by atoms with van der Waals surface area (Å²) in [4.78, 5) is 26.3. The zero-order valence-electron chi connectivity index (χ0n) is 24.8. The lowest BCUT2D eigenvalue weighted by Crippen LogP contribution is -2.62. The Morgan fingerprint density at radius 1 is 1.10 bits per heavy atom. The van der Waals surface area contributed by atoms with Crippen molar-refractivity contribution in [2.75, 3.05) is 33.2 Å². The fourth-order valence-electron chi connectivity index (χ4n) is 9.60. The van der Waals surface area contributed by atoms with Crippen LogP contribution in [0, 0.1) is 28.6 Å². The van der Waals surface area contributed by atoms with Crippen LogP contribution in [0.4, 0.5) is 4.79 Å². The summed E-state index contributed by atoms with van der Waals surface area (Å²) in [7, 11) is 2.09. The van der Waals surface area contributed by atoms with Gasteiger partial charge in [0.05, 0.1) is 11.9 Å². The predicted molar refractivity (Wildman–Crippen MR) is 155 cm³/mol. The number of carbonyl (C=O) groups is 1. The average molecular weight is 558 g/mol. The summed E-state index contributed by atoms with van der Waals surface area (Å²) in [6, 6.07) is 3.41. The van der Waals surface area contributed by atoms with E-state index in [1.807, 2.05) is 6.07 Å². The molecule has 40 heavy (non-hydrogen) atoms. The molecule has 1 aromatic heterocycles. The Labute approximate surface area is 239 Å². The zero-order chi connectivity index (χ0) is 28.5. The van der Waals surface area contributed by atoms with Gasteiger partial charge in [0.2, 0.25) is 0 Å². The van der Waals surface area contributed by atoms with E-state index in [1.165, 1.54) is 6.07 Å². The number of carbonyl (C=O) groups excluding carboxylic acids is 1. The smallest absolute Gasteiger partial charge is 0.407 e. The lowest BCUT2D eigenvalue weighted by molar-refractivity contribution is -0.205. The van der Waals surface area contributed by atoms with Gasteiger partial charge < -0.3 is 30.2 Å². The number of hydrogen-bond donors (Lipinski definition) is 3. The molecule has 8 nitrogen and oxygen atoms in total. The fourth-order valence-corrected chi connectivity index (χ4v) is 9.60. The van der Waals surface area contributed by atoms with Crippen molar-refractivity contribution in [1.82, 2.24) is 10.2 Å². The number of hydrogen-bond acceptors (Lipinski definition) is 7. The zero-order valence-corrected chi connectivity index (χ0v) is 24.8. The highest BCUT2D eigenvalue weighted by atomic mass is 16.6. The van der Waals surface area contributed by atoms with Crippen molar-refractivity contribution < 1.29 is 19.1 Å². The maximum Gasteiger partial charge on any atom is 0.407 e. The van der Waals surface area contributed by atoms with Gasteiger partial charge in [0.15, 0.2) is 0 Å². The largest absolute Gasteiger partial charge is 0.446 e. The van der Waals surface area contributed by atoms with Crippen LogP contribution in [0.3, 0.4) is 0 Å². The first-order valence-electron chi connectivity index (χ1n) is 15.7. The van der Waals surface area contributed by atoms with E-state index in [4.69, 9.17) is 14.9 Å². The molecule has 8 atom stereocenters. The molecular weight excluding hydrogens is 506 g/mol. The van der Waals surface area contributed by atoms with Crippen LogP contribution in [-0.2, 0) is 4.74 Å². The van der Waals surface area contributed by atoms with Gasteiger partial charge in [-0.25, -0.2) is 9.59 Å². The molecule has 0 spiro atoms. The van der Waals surface area contributed by atoms with Gasteiger partial charge in [0.1, 0.15) is 6.10 Å². The molecule has 4 saturated carbocycles. The summed E-state index contributed by atoms with van der Waals surface area (Å²) in [6.07, 6.45) is 12.0. The molecule has 1 amide bonds. The number of alkyl carbamates (subject to hydrolysis) is 1. The predicted octanol–water partition coefficient (Wildman–Crippen LogP) is 4.65. The number of ether oxygens (including phenoxy) is 1. The molecule has 1 aromatic rings. The highest BCUT2D eigenvalue weighted by molar-refractivity contribution is 5.67. The number of nitrogens with one attached hydrogen (secondary N) is 1. The van der Waals surface area contributed by atoms with E-state index >= 15 is 0 Å². The third-order valence-corrected chi connectivity index (χ3v) is 11.9. The molecule has 8 heteroatoms. The van der Waals surface area contributed by atoms with Crippen LogP contribution in [-0.4, -0.2) is 61.0 Å². The highest BCUT2D eigenvalue weighted by Gasteiger charge is 2.67. The van der Waals surface area contributed by atoms with E-state index < -0.39 is 5.60 Å². The number of aliphatic hydroxyl groups is 1. The monoisotopic (exact) mass is 557 g/mol. The summed E-state index contributed by atoms with van der Waals surface area (Å²) in [5.74, 6) is 1.51. The summed E-state index contributed by atoms with van der Waals surface area (Å²) in [5, 5.41) is 15.4. The average Bonchev–Trinajstić information content (AvgIpc) is 3.21. The van der Waals surface area contributed by atoms with E-state index in [0.29, 0.717) is 24.9 Å². The molecule has 4 N–H and O–H groups in total. The quantitative estimate of drug-likeness (QED) is 0.378. The Morgan fingerprint density at radius 3 is 2.65 bits per heavy atom. The lowest BCUT2D eigenvalue weighted by atomic mass is 9.43. The topological polar surface area (TPSA) is 118 Å². The second kappa shape index (κ2) is 11.8. The minimum absolute atomic E-state index is 0.0256. The van der Waals surface area contributed by atoms with Gasteiger partial charge in [-0.3, -0.25) is 0 Å². The number of fused-ring (bicyclic) bond motifs is 5. The Hall–Kier alpha value is -1.90. The second-order valence-corrected chi connectivity index (χ2v) is 13.9. The Balaban J connectivity index is 1.17. The highest BCUT2D eigenvalue weighted by Crippen LogP contribution is 2.70. The van der Waals surface area contributed by atoms with Crippen LogP contribution in [0.25, 0.3) is 0 Å². The summed E-state index contributed by atoms with van der Waals surface area (Å²) >= 11 is 0. The molecule has 5 rings (SSSR count). The number of nitrogens with zero attached hydrogens (tertiary/aromatic N) is 1. The molecule has 4 aliphatic rings. The van der Waals surface area contributed by atoms with Gasteiger partial charge >= 0.3 is 11.7 Å². The van der Waals surface area contributed by atoms with Crippen molar-refractivity contribution in [2.45, 2.75) is 102 Å². The van der Waals surface area contributed by atoms with Gasteiger partial charge in [-0.1, -0.05) is 13.8 Å². The first kappa shape index (κ1) is 29.6. The Kier molecular flexibility index (Phi) is 8.70. The molecule has 224 valence electrons. The number of rotatable bonds is 9. The molecular formula is C32H51N3O5. The molecule has 0 bridgehead atoms. The summed E-state index contributed by atoms with van der Waals surface area (Å²) < 4.78 is 11.1. The maximum atomic E-state index is 12.5. The number of nitrogens with two attached hydrogens (primary N) is 1. The minimum atomic E-state index is -0.698. The molecule has 4 aliphatic carbocycles. The third kappa shape index (κ3) is 5.36. The molecule has 0 aromatic carbocycles. The van der Waals surface area contributed by atoms with Gasteiger partial charge in [0.25, 0.3) is 0 Å². The van der Waals surface area contributed by atoms with E-state index in [0.717, 1.165) is 89.3 Å². The van der Waals surface area contributed by atoms with Crippen molar-refractivity contribution in [3.63, 3.8) is 0 Å². The van der Waals surface area contributed by atoms with Crippen LogP contribution in [0.5, 0.6) is 0 Å². The van der Waals surface area contributed by atoms with Crippen LogP contribution in [0.15, 0.2) is 27.6 Å². The molecule has 0 aliphatic heterocycles. The minimum Gasteiger partial charge on any atom is -0.446 e. The van der Waals surface area contributed by atoms with E-state index in [9.17, 15) is 14.7 Å². The van der Waals surface area contributed by atoms with E-state index in [2.05, 4.69) is 31.1 Å². The summed E-state index contributed by atoms with van der Waals surface area (Å²) in [6.45, 7) is 7.97. The van der Waals surface area contributed by atoms with Gasteiger partial charge in [0, 0.05) is 18.0 Å². The van der Waals surface area contributed by atoms with Gasteiger partial charge in [-0.2, -0.15) is 0 Å². The first-order chi connectivity index (χ1) is 19.1. The fraction of sp³-hybridized carbons (Fsp3) is 0.812. The van der Waals surface area contributed by atoms with Crippen molar-refractivity contribution >= 4 is 6.09 Å². The molecule has 5 unspecified atom stereocenters. The van der Waals surface area contributed by atoms with Crippen LogP contribution < -0.4 is 16.7 Å². The third-order valence-electron chi connectivity index (χ3n) is 11.9. The standard InChI is InChI=1S/C32H51N3O5/c1-30-13-10-24(40-29(37)34-17-5-19-35(3)18-4-16-33)20-23(30)7-8-27-26(30)11-14-31(2)25(12-15-32(27,31)38)22-6-9-28(36)39-21-22/h6,9,21,23-27,38H,4-5,7-8,10-20,33H2,1-3H3,(H,34,37)/t23?,24?,25-,26+,27-,30?,31?,32?/m1/s1. The van der Waals surface area contributed by atoms with Gasteiger partial charge in [-0.05, 0) is 138 Å². The number of amides is 1. The molecule has 0 radical (unpaired) electrons. The van der Waals surface area contributed by atoms with Crippen molar-refractivity contribution in [2.24, 2.45) is 34.3 Å². The Morgan fingerprint density at radius 2 is 1.90 bits per heavy atom. The Bertz CT molecular complexity index is 1070. The first-order valence-corrected chi connectivity index (χ1v) is 15.7. The molecule has 4 fully saturated rings. The molecule has 1 heterocycles. The second-order valence-electron chi connectivity index (χ2n) is 13.9. The lowest BCUT2D eigenvalue weighted by Gasteiger charge is -2.63. The SMILES string of the molecule is CN(CCCN)CCCNC(=O)OC1CCC2(C)C(CC[C@@H]3[C@@H]2CCC2(C)[C@@H](c4ccc(=O)oc4)CCC32O)C1. The molecule has 0 saturated heterocycles. The summed E-state index contributed by atoms with van der Waals surface area (Å²) in [5.41, 5.74) is 5.56. The van der Waals surface area contributed by atoms with Gasteiger partial charge in [-0.15, -0.1) is 0 Å². The maximum absolute atomic E-state index is 12.5. The van der Waals surface area contributed by atoms with Crippen molar-refractivity contribution in [3.8, 4) is 0 Å². The van der Waals surface area contributed by atoms with E-state index in [1.54, 1.807) is 6.26 Å². The van der Waals surface area contributed by atoms with Crippen molar-refractivity contribution in [3.05, 3.63) is 34.4 Å². The van der Waals surface area contributed by atoms with Crippen LogP contribution >= 0.6 is 0 Å². The van der Waals surface area contributed by atoms with Crippen molar-refractivity contribution in [1.29, 1.82) is 0 Å². The van der Waals surface area contributed by atoms with E-state index in [-0.39, 0.29) is 40.5 Å². The van der Waals surface area contributed by atoms with Crippen LogP contribution in [0.1, 0.15) is 96.0 Å². The van der Waals surface area contributed by atoms with Crippen LogP contribution in [0.2, 0.25) is 0 Å². The normalized spacial score (nSPS) is 38.8.